The van der Waals surface area contributed by atoms with Crippen LogP contribution in [0.5, 0.6) is 0 Å². The number of esters is 1. The topological polar surface area (TPSA) is 63.7 Å². The maximum Gasteiger partial charge on any atom is 0.316 e. The Bertz CT molecular complexity index is 1250. The molecular weight excluding hydrogens is 434 g/mol. The molecule has 0 unspecified atom stereocenters. The van der Waals surface area contributed by atoms with Crippen molar-refractivity contribution in [2.24, 2.45) is 11.3 Å². The summed E-state index contributed by atoms with van der Waals surface area (Å²) in [6.07, 6.45) is 5.58. The first-order valence-corrected chi connectivity index (χ1v) is 12.5. The predicted octanol–water partition coefficient (Wildman–Crippen LogP) is 5.11. The van der Waals surface area contributed by atoms with Crippen molar-refractivity contribution in [3.05, 3.63) is 95.3 Å². The zero-order chi connectivity index (χ0) is 23.8. The number of ether oxygens (including phenoxy) is 1. The average molecular weight is 464 g/mol. The lowest BCUT2D eigenvalue weighted by Gasteiger charge is -2.18. The minimum atomic E-state index is -3.62. The van der Waals surface area contributed by atoms with Gasteiger partial charge < -0.3 is 4.74 Å². The van der Waals surface area contributed by atoms with Gasteiger partial charge in [0.1, 0.15) is 5.76 Å². The van der Waals surface area contributed by atoms with Crippen molar-refractivity contribution in [2.75, 3.05) is 13.1 Å². The van der Waals surface area contributed by atoms with Crippen LogP contribution in [-0.2, 0) is 19.6 Å². The first-order valence-electron chi connectivity index (χ1n) is 11.0. The molecule has 0 radical (unpaired) electrons. The first-order chi connectivity index (χ1) is 15.6. The van der Waals surface area contributed by atoms with Crippen LogP contribution in [0.1, 0.15) is 31.9 Å². The van der Waals surface area contributed by atoms with Crippen LogP contribution < -0.4 is 0 Å². The Labute approximate surface area is 196 Å². The Morgan fingerprint density at radius 2 is 1.70 bits per heavy atom. The predicted molar refractivity (Wildman–Crippen MR) is 130 cm³/mol. The van der Waals surface area contributed by atoms with E-state index in [1.807, 2.05) is 82.3 Å². The third-order valence-corrected chi connectivity index (χ3v) is 7.71. The van der Waals surface area contributed by atoms with Crippen molar-refractivity contribution in [1.29, 1.82) is 0 Å². The van der Waals surface area contributed by atoms with Gasteiger partial charge in [-0.05, 0) is 68.7 Å². The molecule has 2 aromatic rings. The van der Waals surface area contributed by atoms with Gasteiger partial charge in [-0.1, -0.05) is 54.1 Å². The van der Waals surface area contributed by atoms with E-state index in [-0.39, 0.29) is 18.4 Å². The number of fused-ring (bicyclic) bond motifs is 1. The maximum atomic E-state index is 13.3. The zero-order valence-corrected chi connectivity index (χ0v) is 20.2. The Morgan fingerprint density at radius 1 is 1.03 bits per heavy atom. The summed E-state index contributed by atoms with van der Waals surface area (Å²) in [4.78, 5) is 12.8. The standard InChI is InChI=1S/C27H29NO4S/c1-19-10-14-23(15-11-19)33(30,31)28-17-21-12-13-22(32-26(29)27(2,3)4)16-24(25(21)18-28)20-8-6-5-7-9-20/h5-16,21H,17-18H2,1-4H3/t21-/m0/s1. The van der Waals surface area contributed by atoms with Gasteiger partial charge in [0.15, 0.2) is 0 Å². The number of allylic oxidation sites excluding steroid dienone is 3. The van der Waals surface area contributed by atoms with Gasteiger partial charge in [-0.3, -0.25) is 4.79 Å². The lowest BCUT2D eigenvalue weighted by atomic mass is 9.93. The molecule has 2 aliphatic rings. The zero-order valence-electron chi connectivity index (χ0n) is 19.4. The number of hydrogen-bond acceptors (Lipinski definition) is 4. The van der Waals surface area contributed by atoms with Gasteiger partial charge in [-0.2, -0.15) is 4.31 Å². The fourth-order valence-electron chi connectivity index (χ4n) is 3.91. The second kappa shape index (κ2) is 8.76. The summed E-state index contributed by atoms with van der Waals surface area (Å²) in [5.41, 5.74) is 3.23. The molecule has 1 heterocycles. The van der Waals surface area contributed by atoms with Gasteiger partial charge in [-0.15, -0.1) is 0 Å². The second-order valence-electron chi connectivity index (χ2n) is 9.57. The van der Waals surface area contributed by atoms with Gasteiger partial charge in [0, 0.05) is 19.0 Å². The van der Waals surface area contributed by atoms with Crippen molar-refractivity contribution in [2.45, 2.75) is 32.6 Å². The first kappa shape index (κ1) is 23.2. The lowest BCUT2D eigenvalue weighted by Crippen LogP contribution is -2.28. The molecule has 0 bridgehead atoms. The number of rotatable bonds is 4. The van der Waals surface area contributed by atoms with E-state index < -0.39 is 15.4 Å². The van der Waals surface area contributed by atoms with Crippen molar-refractivity contribution >= 4 is 21.6 Å². The van der Waals surface area contributed by atoms with Crippen molar-refractivity contribution in [3.63, 3.8) is 0 Å². The summed E-state index contributed by atoms with van der Waals surface area (Å²) in [5, 5.41) is 0. The van der Waals surface area contributed by atoms with E-state index in [0.717, 1.165) is 22.3 Å². The number of nitrogens with zero attached hydrogens (tertiary/aromatic N) is 1. The summed E-state index contributed by atoms with van der Waals surface area (Å²) >= 11 is 0. The Balaban J connectivity index is 1.74. The van der Waals surface area contributed by atoms with Crippen molar-refractivity contribution in [3.8, 4) is 0 Å². The normalized spacial score (nSPS) is 19.2. The van der Waals surface area contributed by atoms with Crippen LogP contribution in [0, 0.1) is 18.3 Å². The molecular formula is C27H29NO4S. The largest absolute Gasteiger partial charge is 0.426 e. The third kappa shape index (κ3) is 4.87. The van der Waals surface area contributed by atoms with E-state index in [4.69, 9.17) is 4.74 Å². The van der Waals surface area contributed by atoms with Gasteiger partial charge in [0.05, 0.1) is 10.3 Å². The number of hydrogen-bond donors (Lipinski definition) is 0. The van der Waals surface area contributed by atoms with Crippen LogP contribution in [0.15, 0.2) is 89.1 Å². The molecule has 1 saturated heterocycles. The molecule has 0 spiro atoms. The highest BCUT2D eigenvalue weighted by Gasteiger charge is 2.37. The van der Waals surface area contributed by atoms with Gasteiger partial charge in [0.2, 0.25) is 10.0 Å². The molecule has 1 atom stereocenters. The smallest absolute Gasteiger partial charge is 0.316 e. The van der Waals surface area contributed by atoms with Crippen LogP contribution in [0.25, 0.3) is 5.57 Å². The minimum absolute atomic E-state index is 0.109. The molecule has 0 aromatic heterocycles. The number of carbonyl (C=O) groups is 1. The van der Waals surface area contributed by atoms with Crippen LogP contribution in [-0.4, -0.2) is 31.8 Å². The van der Waals surface area contributed by atoms with Gasteiger partial charge in [-0.25, -0.2) is 8.42 Å². The highest BCUT2D eigenvalue weighted by molar-refractivity contribution is 7.89. The average Bonchev–Trinajstić information content (AvgIpc) is 3.13. The maximum absolute atomic E-state index is 13.3. The minimum Gasteiger partial charge on any atom is -0.426 e. The summed E-state index contributed by atoms with van der Waals surface area (Å²) in [7, 11) is -3.62. The SMILES string of the molecule is Cc1ccc(S(=O)(=O)N2CC3=C(c4ccccc4)C=C(OC(=O)C(C)(C)C)C=C[C@H]3C2)cc1. The van der Waals surface area contributed by atoms with E-state index in [1.54, 1.807) is 18.2 Å². The van der Waals surface area contributed by atoms with Crippen molar-refractivity contribution < 1.29 is 17.9 Å². The molecule has 4 rings (SSSR count). The molecule has 2 aromatic carbocycles. The number of sulfonamides is 1. The molecule has 1 aliphatic carbocycles. The lowest BCUT2D eigenvalue weighted by molar-refractivity contribution is -0.147. The molecule has 5 nitrogen and oxygen atoms in total. The summed E-state index contributed by atoms with van der Waals surface area (Å²) in [6, 6.07) is 16.7. The molecule has 0 N–H and O–H groups in total. The highest BCUT2D eigenvalue weighted by atomic mass is 32.2. The third-order valence-electron chi connectivity index (χ3n) is 5.89. The second-order valence-corrected chi connectivity index (χ2v) is 11.5. The summed E-state index contributed by atoms with van der Waals surface area (Å²) in [5.74, 6) is 0.0394. The Kier molecular flexibility index (Phi) is 6.16. The van der Waals surface area contributed by atoms with E-state index in [0.29, 0.717) is 17.2 Å². The van der Waals surface area contributed by atoms with Crippen LogP contribution in [0.3, 0.4) is 0 Å². The molecule has 1 fully saturated rings. The fourth-order valence-corrected chi connectivity index (χ4v) is 5.35. The van der Waals surface area contributed by atoms with E-state index >= 15 is 0 Å². The van der Waals surface area contributed by atoms with Crippen LogP contribution in [0.4, 0.5) is 0 Å². The van der Waals surface area contributed by atoms with Crippen molar-refractivity contribution in [1.82, 2.24) is 4.31 Å². The van der Waals surface area contributed by atoms with E-state index in [1.165, 1.54) is 4.31 Å². The molecule has 6 heteroatoms. The summed E-state index contributed by atoms with van der Waals surface area (Å²) < 4.78 is 33.9. The van der Waals surface area contributed by atoms with E-state index in [2.05, 4.69) is 0 Å². The Hall–Kier alpha value is -2.96. The van der Waals surface area contributed by atoms with Gasteiger partial charge >= 0.3 is 5.97 Å². The molecule has 1 aliphatic heterocycles. The number of aryl methyl sites for hydroxylation is 1. The number of benzene rings is 2. The Morgan fingerprint density at radius 3 is 2.33 bits per heavy atom. The number of carbonyl (C=O) groups excluding carboxylic acids is 1. The van der Waals surface area contributed by atoms with Crippen LogP contribution >= 0.6 is 0 Å². The molecule has 0 saturated carbocycles. The summed E-state index contributed by atoms with van der Waals surface area (Å²) in [6.45, 7) is 8.00. The molecule has 0 amide bonds. The van der Waals surface area contributed by atoms with E-state index in [9.17, 15) is 13.2 Å². The van der Waals surface area contributed by atoms with Gasteiger partial charge in [0.25, 0.3) is 0 Å². The molecule has 33 heavy (non-hydrogen) atoms. The molecule has 172 valence electrons. The highest BCUT2D eigenvalue weighted by Crippen LogP contribution is 2.38. The quantitative estimate of drug-likeness (QED) is 0.591. The van der Waals surface area contributed by atoms with Crippen LogP contribution in [0.2, 0.25) is 0 Å². The fraction of sp³-hybridized carbons (Fsp3) is 0.296. The monoisotopic (exact) mass is 463 g/mol.